The standard InChI is InChI=1S/C17H25N3O2S/c1-3-17(21)19-12-13-11-15(23(22)18-2)9-10-16(13)20-14-7-5-4-6-8-14/h3,9-11,14,18,20H,1,4-8,12H2,2H3,(H,19,21). The topological polar surface area (TPSA) is 76.2 Å². The Labute approximate surface area is 141 Å². The second-order valence-corrected chi connectivity index (χ2v) is 7.11. The fourth-order valence-corrected chi connectivity index (χ4v) is 3.49. The average Bonchev–Trinajstić information content (AvgIpc) is 2.60. The zero-order chi connectivity index (χ0) is 16.7. The Kier molecular flexibility index (Phi) is 6.95. The number of amides is 1. The van der Waals surface area contributed by atoms with Crippen LogP contribution in [0.3, 0.4) is 0 Å². The minimum absolute atomic E-state index is 0.214. The van der Waals surface area contributed by atoms with Gasteiger partial charge in [0, 0.05) is 31.4 Å². The molecule has 23 heavy (non-hydrogen) atoms. The maximum absolute atomic E-state index is 11.9. The molecule has 0 aliphatic heterocycles. The molecule has 1 aromatic carbocycles. The average molecular weight is 335 g/mol. The fraction of sp³-hybridized carbons (Fsp3) is 0.471. The van der Waals surface area contributed by atoms with Gasteiger partial charge in [0.1, 0.15) is 0 Å². The van der Waals surface area contributed by atoms with Crippen LogP contribution in [0.15, 0.2) is 35.7 Å². The van der Waals surface area contributed by atoms with Gasteiger partial charge in [0.15, 0.2) is 4.90 Å². The lowest BCUT2D eigenvalue weighted by atomic mass is 9.95. The van der Waals surface area contributed by atoms with E-state index in [0.29, 0.717) is 17.5 Å². The summed E-state index contributed by atoms with van der Waals surface area (Å²) in [5, 5.41) is 6.37. The first kappa shape index (κ1) is 17.8. The largest absolute Gasteiger partial charge is 0.593 e. The van der Waals surface area contributed by atoms with Crippen LogP contribution in [0.5, 0.6) is 0 Å². The lowest BCUT2D eigenvalue weighted by Gasteiger charge is -2.25. The van der Waals surface area contributed by atoms with Gasteiger partial charge >= 0.3 is 0 Å². The van der Waals surface area contributed by atoms with Gasteiger partial charge in [0.2, 0.25) is 5.91 Å². The SMILES string of the molecule is C=CC(=O)NCc1cc([S+]([O-])NC)ccc1NC1CCCCC1. The minimum atomic E-state index is -1.24. The van der Waals surface area contributed by atoms with Gasteiger partial charge in [-0.25, -0.2) is 0 Å². The van der Waals surface area contributed by atoms with Crippen LogP contribution in [0.2, 0.25) is 0 Å². The highest BCUT2D eigenvalue weighted by molar-refractivity contribution is 7.89. The summed E-state index contributed by atoms with van der Waals surface area (Å²) in [6.07, 6.45) is 7.40. The van der Waals surface area contributed by atoms with E-state index in [1.54, 1.807) is 7.05 Å². The Morgan fingerprint density at radius 2 is 2.13 bits per heavy atom. The predicted octanol–water partition coefficient (Wildman–Crippen LogP) is 2.48. The highest BCUT2D eigenvalue weighted by Crippen LogP contribution is 2.25. The zero-order valence-corrected chi connectivity index (χ0v) is 14.4. The number of benzene rings is 1. The molecule has 3 N–H and O–H groups in total. The molecule has 2 rings (SSSR count). The van der Waals surface area contributed by atoms with Gasteiger partial charge in [-0.2, -0.15) is 0 Å². The van der Waals surface area contributed by atoms with E-state index in [0.717, 1.165) is 11.3 Å². The van der Waals surface area contributed by atoms with Crippen molar-refractivity contribution in [2.24, 2.45) is 0 Å². The van der Waals surface area contributed by atoms with Crippen molar-refractivity contribution in [3.63, 3.8) is 0 Å². The Hall–Kier alpha value is -1.50. The van der Waals surface area contributed by atoms with Crippen LogP contribution >= 0.6 is 0 Å². The number of nitrogens with one attached hydrogen (secondary N) is 3. The van der Waals surface area contributed by atoms with Gasteiger partial charge in [-0.3, -0.25) is 4.79 Å². The van der Waals surface area contributed by atoms with Crippen molar-refractivity contribution in [2.45, 2.75) is 49.6 Å². The van der Waals surface area contributed by atoms with E-state index in [2.05, 4.69) is 21.9 Å². The van der Waals surface area contributed by atoms with E-state index in [1.165, 1.54) is 38.2 Å². The summed E-state index contributed by atoms with van der Waals surface area (Å²) >= 11 is -1.24. The minimum Gasteiger partial charge on any atom is -0.593 e. The maximum Gasteiger partial charge on any atom is 0.243 e. The molecule has 1 saturated carbocycles. The molecule has 0 radical (unpaired) electrons. The molecule has 1 fully saturated rings. The third-order valence-corrected chi connectivity index (χ3v) is 5.13. The van der Waals surface area contributed by atoms with Crippen molar-refractivity contribution in [1.29, 1.82) is 0 Å². The number of carbonyl (C=O) groups excluding carboxylic acids is 1. The maximum atomic E-state index is 11.9. The Balaban J connectivity index is 2.16. The van der Waals surface area contributed by atoms with Gasteiger partial charge in [-0.15, -0.1) is 4.72 Å². The summed E-state index contributed by atoms with van der Waals surface area (Å²) in [7, 11) is 1.66. The van der Waals surface area contributed by atoms with Gasteiger partial charge in [0.05, 0.1) is 11.4 Å². The fourth-order valence-electron chi connectivity index (χ4n) is 2.81. The second-order valence-electron chi connectivity index (χ2n) is 5.69. The first-order valence-electron chi connectivity index (χ1n) is 8.03. The molecule has 0 heterocycles. The van der Waals surface area contributed by atoms with E-state index < -0.39 is 11.4 Å². The van der Waals surface area contributed by atoms with Crippen LogP contribution < -0.4 is 15.4 Å². The lowest BCUT2D eigenvalue weighted by Crippen LogP contribution is -2.26. The highest BCUT2D eigenvalue weighted by Gasteiger charge is 2.17. The third kappa shape index (κ3) is 5.27. The van der Waals surface area contributed by atoms with Crippen molar-refractivity contribution in [3.05, 3.63) is 36.4 Å². The molecule has 126 valence electrons. The monoisotopic (exact) mass is 335 g/mol. The summed E-state index contributed by atoms with van der Waals surface area (Å²) in [6, 6.07) is 6.16. The highest BCUT2D eigenvalue weighted by atomic mass is 32.2. The summed E-state index contributed by atoms with van der Waals surface area (Å²) in [5.74, 6) is -0.214. The number of anilines is 1. The van der Waals surface area contributed by atoms with Crippen molar-refractivity contribution in [3.8, 4) is 0 Å². The normalized spacial score (nSPS) is 16.6. The molecule has 5 nitrogen and oxygen atoms in total. The number of carbonyl (C=O) groups is 1. The smallest absolute Gasteiger partial charge is 0.243 e. The van der Waals surface area contributed by atoms with Crippen molar-refractivity contribution < 1.29 is 9.35 Å². The quantitative estimate of drug-likeness (QED) is 0.528. The van der Waals surface area contributed by atoms with E-state index in [-0.39, 0.29) is 5.91 Å². The van der Waals surface area contributed by atoms with Crippen LogP contribution in [0.1, 0.15) is 37.7 Å². The Morgan fingerprint density at radius 3 is 2.78 bits per heavy atom. The van der Waals surface area contributed by atoms with Gasteiger partial charge in [-0.05, 0) is 36.6 Å². The Bertz CT molecular complexity index is 545. The first-order valence-corrected chi connectivity index (χ1v) is 9.18. The van der Waals surface area contributed by atoms with E-state index in [9.17, 15) is 9.35 Å². The van der Waals surface area contributed by atoms with Gasteiger partial charge in [0.25, 0.3) is 0 Å². The van der Waals surface area contributed by atoms with Crippen LogP contribution in [0, 0.1) is 0 Å². The van der Waals surface area contributed by atoms with Crippen molar-refractivity contribution >= 4 is 23.0 Å². The number of hydrogen-bond donors (Lipinski definition) is 3. The number of rotatable bonds is 7. The zero-order valence-electron chi connectivity index (χ0n) is 13.6. The molecular weight excluding hydrogens is 310 g/mol. The molecule has 0 saturated heterocycles. The van der Waals surface area contributed by atoms with E-state index in [1.807, 2.05) is 18.2 Å². The Morgan fingerprint density at radius 1 is 1.39 bits per heavy atom. The third-order valence-electron chi connectivity index (χ3n) is 4.08. The molecule has 1 atom stereocenters. The van der Waals surface area contributed by atoms with E-state index in [4.69, 9.17) is 0 Å². The summed E-state index contributed by atoms with van der Waals surface area (Å²) in [6.45, 7) is 3.85. The van der Waals surface area contributed by atoms with Crippen LogP contribution in [-0.4, -0.2) is 23.5 Å². The lowest BCUT2D eigenvalue weighted by molar-refractivity contribution is -0.116. The molecule has 1 aromatic rings. The summed E-state index contributed by atoms with van der Waals surface area (Å²) < 4.78 is 14.7. The summed E-state index contributed by atoms with van der Waals surface area (Å²) in [5.41, 5.74) is 1.94. The first-order chi connectivity index (χ1) is 11.1. The van der Waals surface area contributed by atoms with Crippen LogP contribution in [-0.2, 0) is 22.7 Å². The molecule has 0 bridgehead atoms. The van der Waals surface area contributed by atoms with Crippen LogP contribution in [0.4, 0.5) is 5.69 Å². The molecule has 0 aromatic heterocycles. The van der Waals surface area contributed by atoms with Gasteiger partial charge in [-0.1, -0.05) is 25.8 Å². The molecular formula is C17H25N3O2S. The number of hydrogen-bond acceptors (Lipinski definition) is 4. The molecule has 1 aliphatic rings. The van der Waals surface area contributed by atoms with Crippen LogP contribution in [0.25, 0.3) is 0 Å². The summed E-state index contributed by atoms with van der Waals surface area (Å²) in [4.78, 5) is 12.1. The van der Waals surface area contributed by atoms with Gasteiger partial charge < -0.3 is 15.2 Å². The van der Waals surface area contributed by atoms with Crippen molar-refractivity contribution in [2.75, 3.05) is 12.4 Å². The molecule has 1 aliphatic carbocycles. The van der Waals surface area contributed by atoms with E-state index >= 15 is 0 Å². The molecule has 1 amide bonds. The predicted molar refractivity (Wildman–Crippen MR) is 94.4 cm³/mol. The molecule has 1 unspecified atom stereocenters. The molecule has 6 heteroatoms. The second kappa shape index (κ2) is 8.96. The van der Waals surface area contributed by atoms with Crippen molar-refractivity contribution in [1.82, 2.24) is 10.0 Å². The molecule has 0 spiro atoms.